The summed E-state index contributed by atoms with van der Waals surface area (Å²) in [5, 5.41) is 2.70. The molecule has 0 saturated carbocycles. The van der Waals surface area contributed by atoms with E-state index in [1.54, 1.807) is 42.7 Å². The maximum absolute atomic E-state index is 13.4. The summed E-state index contributed by atoms with van der Waals surface area (Å²) in [5.74, 6) is -0.468. The Morgan fingerprint density at radius 3 is 2.80 bits per heavy atom. The smallest absolute Gasteiger partial charge is 0.338 e. The molecule has 0 spiro atoms. The van der Waals surface area contributed by atoms with Crippen LogP contribution in [0.4, 0.5) is 0 Å². The molecule has 9 heteroatoms. The Hall–Kier alpha value is -2.19. The van der Waals surface area contributed by atoms with Crippen molar-refractivity contribution in [1.29, 1.82) is 0 Å². The van der Waals surface area contributed by atoms with E-state index >= 15 is 0 Å². The molecular weight excluding hydrogens is 463 g/mol. The van der Waals surface area contributed by atoms with E-state index in [4.69, 9.17) is 27.9 Å². The number of aromatic nitrogens is 1. The first kappa shape index (κ1) is 21.1. The molecule has 3 aromatic rings. The average Bonchev–Trinajstić information content (AvgIpc) is 3.33. The van der Waals surface area contributed by atoms with Gasteiger partial charge in [-0.15, -0.1) is 11.3 Å². The Morgan fingerprint density at radius 2 is 2.10 bits per heavy atom. The molecule has 30 heavy (non-hydrogen) atoms. The molecule has 1 aromatic carbocycles. The number of hydrogen-bond acceptors (Lipinski definition) is 6. The van der Waals surface area contributed by atoms with E-state index in [9.17, 15) is 9.59 Å². The number of carbonyl (C=O) groups excluding carboxylic acids is 1. The summed E-state index contributed by atoms with van der Waals surface area (Å²) in [6.45, 7) is 3.75. The van der Waals surface area contributed by atoms with Crippen LogP contribution >= 0.6 is 45.9 Å². The summed E-state index contributed by atoms with van der Waals surface area (Å²) < 4.78 is 7.27. The third-order valence-corrected chi connectivity index (χ3v) is 7.34. The van der Waals surface area contributed by atoms with Crippen LogP contribution < -0.4 is 14.9 Å². The summed E-state index contributed by atoms with van der Waals surface area (Å²) in [6.07, 6.45) is 1.70. The van der Waals surface area contributed by atoms with Gasteiger partial charge >= 0.3 is 5.97 Å². The van der Waals surface area contributed by atoms with Gasteiger partial charge in [-0.05, 0) is 43.0 Å². The lowest BCUT2D eigenvalue weighted by molar-refractivity contribution is -0.139. The number of thiophene rings is 1. The third kappa shape index (κ3) is 3.67. The molecule has 1 atom stereocenters. The molecule has 0 bridgehead atoms. The molecule has 5 nitrogen and oxygen atoms in total. The van der Waals surface area contributed by atoms with Crippen molar-refractivity contribution in [2.24, 2.45) is 4.99 Å². The molecule has 0 aliphatic carbocycles. The van der Waals surface area contributed by atoms with E-state index in [1.807, 2.05) is 17.5 Å². The maximum Gasteiger partial charge on any atom is 0.338 e. The average molecular weight is 479 g/mol. The van der Waals surface area contributed by atoms with Gasteiger partial charge in [-0.1, -0.05) is 52.7 Å². The minimum absolute atomic E-state index is 0.241. The highest BCUT2D eigenvalue weighted by atomic mass is 35.5. The van der Waals surface area contributed by atoms with Crippen molar-refractivity contribution in [3.8, 4) is 0 Å². The van der Waals surface area contributed by atoms with E-state index in [0.717, 1.165) is 4.88 Å². The van der Waals surface area contributed by atoms with Crippen molar-refractivity contribution in [3.05, 3.63) is 87.2 Å². The van der Waals surface area contributed by atoms with Crippen molar-refractivity contribution in [2.45, 2.75) is 19.9 Å². The first-order valence-corrected chi connectivity index (χ1v) is 11.5. The highest BCUT2D eigenvalue weighted by Gasteiger charge is 2.33. The fourth-order valence-corrected chi connectivity index (χ4v) is 5.50. The van der Waals surface area contributed by atoms with Gasteiger partial charge in [-0.3, -0.25) is 9.36 Å². The van der Waals surface area contributed by atoms with Gasteiger partial charge in [0.2, 0.25) is 0 Å². The van der Waals surface area contributed by atoms with E-state index < -0.39 is 12.0 Å². The first-order valence-electron chi connectivity index (χ1n) is 9.09. The van der Waals surface area contributed by atoms with Crippen LogP contribution in [0.2, 0.25) is 10.0 Å². The lowest BCUT2D eigenvalue weighted by Crippen LogP contribution is -2.39. The van der Waals surface area contributed by atoms with Crippen molar-refractivity contribution >= 4 is 57.9 Å². The zero-order valence-corrected chi connectivity index (χ0v) is 19.2. The number of benzene rings is 1. The van der Waals surface area contributed by atoms with Crippen LogP contribution in [0.25, 0.3) is 6.08 Å². The number of halogens is 2. The lowest BCUT2D eigenvalue weighted by atomic mass is 10.0. The highest BCUT2D eigenvalue weighted by Crippen LogP contribution is 2.33. The molecule has 154 valence electrons. The van der Waals surface area contributed by atoms with Crippen molar-refractivity contribution < 1.29 is 9.53 Å². The molecule has 0 amide bonds. The molecule has 3 heterocycles. The second-order valence-corrected chi connectivity index (χ2v) is 9.23. The van der Waals surface area contributed by atoms with E-state index in [2.05, 4.69) is 4.99 Å². The van der Waals surface area contributed by atoms with Gasteiger partial charge in [0.05, 0.1) is 32.5 Å². The first-order chi connectivity index (χ1) is 14.4. The number of fused-ring (bicyclic) bond motifs is 1. The molecule has 0 N–H and O–H groups in total. The normalized spacial score (nSPS) is 16.4. The van der Waals surface area contributed by atoms with Gasteiger partial charge in [0.25, 0.3) is 5.56 Å². The van der Waals surface area contributed by atoms with Gasteiger partial charge in [0.15, 0.2) is 4.80 Å². The summed E-state index contributed by atoms with van der Waals surface area (Å²) in [7, 11) is 0. The number of hydrogen-bond donors (Lipinski definition) is 0. The van der Waals surface area contributed by atoms with E-state index in [0.29, 0.717) is 36.2 Å². The fraction of sp³-hybridized carbons (Fsp3) is 0.190. The summed E-state index contributed by atoms with van der Waals surface area (Å²) >= 11 is 15.1. The number of ether oxygens (including phenoxy) is 1. The number of esters is 1. The molecule has 2 aromatic heterocycles. The van der Waals surface area contributed by atoms with Crippen molar-refractivity contribution in [3.63, 3.8) is 0 Å². The van der Waals surface area contributed by atoms with Crippen molar-refractivity contribution in [2.75, 3.05) is 6.61 Å². The van der Waals surface area contributed by atoms with Gasteiger partial charge < -0.3 is 4.74 Å². The van der Waals surface area contributed by atoms with Crippen LogP contribution in [0.5, 0.6) is 0 Å². The zero-order valence-electron chi connectivity index (χ0n) is 16.0. The second kappa shape index (κ2) is 8.51. The van der Waals surface area contributed by atoms with Crippen LogP contribution in [0, 0.1) is 0 Å². The van der Waals surface area contributed by atoms with Gasteiger partial charge in [-0.2, -0.15) is 0 Å². The Morgan fingerprint density at radius 1 is 1.30 bits per heavy atom. The van der Waals surface area contributed by atoms with E-state index in [-0.39, 0.29) is 12.2 Å². The predicted octanol–water partition coefficient (Wildman–Crippen LogP) is 4.17. The molecule has 0 saturated heterocycles. The Kier molecular flexibility index (Phi) is 5.97. The van der Waals surface area contributed by atoms with Crippen molar-refractivity contribution in [1.82, 2.24) is 4.57 Å². The summed E-state index contributed by atoms with van der Waals surface area (Å²) in [6, 6.07) is 8.46. The van der Waals surface area contributed by atoms with Crippen LogP contribution in [0.1, 0.15) is 30.3 Å². The van der Waals surface area contributed by atoms with E-state index in [1.165, 1.54) is 22.7 Å². The minimum Gasteiger partial charge on any atom is -0.463 e. The Balaban J connectivity index is 1.96. The van der Waals surface area contributed by atoms with Gasteiger partial charge in [0.1, 0.15) is 6.04 Å². The molecule has 0 unspecified atom stereocenters. The van der Waals surface area contributed by atoms with Crippen LogP contribution in [0.3, 0.4) is 0 Å². The summed E-state index contributed by atoms with van der Waals surface area (Å²) in [4.78, 5) is 32.0. The number of nitrogens with zero attached hydrogens (tertiary/aromatic N) is 2. The third-order valence-electron chi connectivity index (χ3n) is 4.60. The van der Waals surface area contributed by atoms with Crippen LogP contribution in [-0.4, -0.2) is 17.1 Å². The SMILES string of the molecule is CCOC(=O)C1=C(C)N=c2s/c(=C/c3cccc(Cl)c3Cl)c(=O)n2[C@H]1c1cccs1. The zero-order chi connectivity index (χ0) is 21.4. The van der Waals surface area contributed by atoms with Gasteiger partial charge in [0, 0.05) is 4.88 Å². The molecule has 1 aliphatic rings. The molecule has 0 fully saturated rings. The monoisotopic (exact) mass is 478 g/mol. The Labute approximate surface area is 190 Å². The number of thiazole rings is 1. The molecule has 4 rings (SSSR count). The standard InChI is InChI=1S/C21H16Cl2N2O3S2/c1-3-28-20(27)16-11(2)24-21-25(18(16)14-8-5-9-29-14)19(26)15(30-21)10-12-6-4-7-13(22)17(12)23/h4-10,18H,3H2,1-2H3/b15-10+/t18-/m0/s1. The second-order valence-electron chi connectivity index (χ2n) is 6.46. The molecule has 0 radical (unpaired) electrons. The number of carbonyl (C=O) groups is 1. The fourth-order valence-electron chi connectivity index (χ4n) is 3.28. The van der Waals surface area contributed by atoms with Crippen LogP contribution in [-0.2, 0) is 9.53 Å². The molecular formula is C21H16Cl2N2O3S2. The quantitative estimate of drug-likeness (QED) is 0.528. The number of allylic oxidation sites excluding steroid dienone is 1. The minimum atomic E-state index is -0.586. The van der Waals surface area contributed by atoms with Crippen LogP contribution in [0.15, 0.2) is 56.8 Å². The highest BCUT2D eigenvalue weighted by molar-refractivity contribution is 7.10. The number of rotatable bonds is 4. The molecule has 1 aliphatic heterocycles. The topological polar surface area (TPSA) is 60.7 Å². The maximum atomic E-state index is 13.4. The largest absolute Gasteiger partial charge is 0.463 e. The lowest BCUT2D eigenvalue weighted by Gasteiger charge is -2.23. The Bertz CT molecular complexity index is 1340. The summed E-state index contributed by atoms with van der Waals surface area (Å²) in [5.41, 5.74) is 1.31. The predicted molar refractivity (Wildman–Crippen MR) is 121 cm³/mol. The van der Waals surface area contributed by atoms with Gasteiger partial charge in [-0.25, -0.2) is 9.79 Å².